The van der Waals surface area contributed by atoms with Crippen LogP contribution in [0.15, 0.2) is 0 Å². The normalized spacial score (nSPS) is 26.6. The second-order valence-corrected chi connectivity index (χ2v) is 5.07. The van der Waals surface area contributed by atoms with Gasteiger partial charge in [0.1, 0.15) is 0 Å². The van der Waals surface area contributed by atoms with Gasteiger partial charge in [0, 0.05) is 0 Å². The molecule has 0 radical (unpaired) electrons. The second kappa shape index (κ2) is 9.55. The van der Waals surface area contributed by atoms with Crippen LogP contribution in [0.4, 0.5) is 0 Å². The zero-order valence-corrected chi connectivity index (χ0v) is 10.8. The average molecular weight is 198 g/mol. The van der Waals surface area contributed by atoms with E-state index in [4.69, 9.17) is 0 Å². The van der Waals surface area contributed by atoms with Crippen molar-refractivity contribution < 1.29 is 0 Å². The summed E-state index contributed by atoms with van der Waals surface area (Å²) in [6.45, 7) is 9.20. The van der Waals surface area contributed by atoms with E-state index in [1.165, 1.54) is 51.4 Å². The predicted octanol–water partition coefficient (Wildman–Crippen LogP) is 5.42. The number of hydrogen-bond acceptors (Lipinski definition) is 0. The van der Waals surface area contributed by atoms with Crippen LogP contribution in [0.5, 0.6) is 0 Å². The van der Waals surface area contributed by atoms with Gasteiger partial charge >= 0.3 is 0 Å². The van der Waals surface area contributed by atoms with Crippen LogP contribution < -0.4 is 0 Å². The lowest BCUT2D eigenvalue weighted by atomic mass is 9.84. The largest absolute Gasteiger partial charge is 0.0654 e. The summed E-state index contributed by atoms with van der Waals surface area (Å²) in [6, 6.07) is 0. The first-order valence-corrected chi connectivity index (χ1v) is 6.70. The van der Waals surface area contributed by atoms with Crippen molar-refractivity contribution in [1.82, 2.24) is 0 Å². The van der Waals surface area contributed by atoms with Gasteiger partial charge in [-0.2, -0.15) is 0 Å². The van der Waals surface area contributed by atoms with Gasteiger partial charge in [0.15, 0.2) is 0 Å². The topological polar surface area (TPSA) is 0 Å². The quantitative estimate of drug-likeness (QED) is 0.531. The third-order valence-corrected chi connectivity index (χ3v) is 3.26. The van der Waals surface area contributed by atoms with E-state index in [2.05, 4.69) is 27.7 Å². The lowest BCUT2D eigenvalue weighted by Crippen LogP contribution is -2.08. The Kier molecular flexibility index (Phi) is 9.55. The fourth-order valence-corrected chi connectivity index (χ4v) is 1.93. The summed E-state index contributed by atoms with van der Waals surface area (Å²) in [4.78, 5) is 0. The maximum Gasteiger partial charge on any atom is -0.0443 e. The van der Waals surface area contributed by atoms with E-state index in [-0.39, 0.29) is 0 Å². The van der Waals surface area contributed by atoms with Gasteiger partial charge in [0.2, 0.25) is 0 Å². The van der Waals surface area contributed by atoms with Gasteiger partial charge < -0.3 is 0 Å². The summed E-state index contributed by atoms with van der Waals surface area (Å²) < 4.78 is 0. The molecule has 0 aromatic rings. The maximum atomic E-state index is 2.37. The van der Waals surface area contributed by atoms with Gasteiger partial charge in [-0.25, -0.2) is 0 Å². The standard InChI is InChI=1S/C8H16.C6H14/c1-7-3-5-8(2)6-4-7;1-3-5-6-4-2/h7-8H,3-6H2,1-2H3;3-6H2,1-2H3. The van der Waals surface area contributed by atoms with Gasteiger partial charge in [-0.15, -0.1) is 0 Å². The molecule has 0 aromatic heterocycles. The van der Waals surface area contributed by atoms with Crippen LogP contribution in [0.25, 0.3) is 0 Å². The molecule has 0 atom stereocenters. The van der Waals surface area contributed by atoms with Gasteiger partial charge in [-0.05, 0) is 11.8 Å². The Labute approximate surface area is 91.5 Å². The van der Waals surface area contributed by atoms with Crippen molar-refractivity contribution in [3.8, 4) is 0 Å². The highest BCUT2D eigenvalue weighted by molar-refractivity contribution is 4.65. The van der Waals surface area contributed by atoms with Crippen molar-refractivity contribution in [3.05, 3.63) is 0 Å². The molecular weight excluding hydrogens is 168 g/mol. The van der Waals surface area contributed by atoms with Crippen molar-refractivity contribution in [1.29, 1.82) is 0 Å². The van der Waals surface area contributed by atoms with E-state index in [0.29, 0.717) is 0 Å². The Hall–Kier alpha value is 0. The predicted molar refractivity (Wildman–Crippen MR) is 66.6 cm³/mol. The monoisotopic (exact) mass is 198 g/mol. The van der Waals surface area contributed by atoms with Gasteiger partial charge in [0.25, 0.3) is 0 Å². The Bertz CT molecular complexity index is 84.6. The lowest BCUT2D eigenvalue weighted by molar-refractivity contribution is 0.308. The number of rotatable bonds is 3. The Morgan fingerprint density at radius 2 is 1.00 bits per heavy atom. The molecule has 0 aromatic carbocycles. The minimum atomic E-state index is 1.02. The zero-order valence-electron chi connectivity index (χ0n) is 10.8. The highest BCUT2D eigenvalue weighted by Crippen LogP contribution is 2.27. The molecule has 1 fully saturated rings. The Morgan fingerprint density at radius 3 is 1.21 bits per heavy atom. The molecule has 0 bridgehead atoms. The highest BCUT2D eigenvalue weighted by atomic mass is 14.2. The first-order valence-electron chi connectivity index (χ1n) is 6.70. The zero-order chi connectivity index (χ0) is 10.8. The number of unbranched alkanes of at least 4 members (excludes halogenated alkanes) is 3. The Morgan fingerprint density at radius 1 is 0.714 bits per heavy atom. The molecule has 86 valence electrons. The molecule has 1 aliphatic carbocycles. The van der Waals surface area contributed by atoms with Crippen LogP contribution in [0.3, 0.4) is 0 Å². The SMILES string of the molecule is CC1CCC(C)CC1.CCCCCC. The third-order valence-electron chi connectivity index (χ3n) is 3.26. The van der Waals surface area contributed by atoms with Crippen molar-refractivity contribution >= 4 is 0 Å². The molecule has 0 spiro atoms. The van der Waals surface area contributed by atoms with E-state index in [1.54, 1.807) is 0 Å². The minimum Gasteiger partial charge on any atom is -0.0654 e. The fraction of sp³-hybridized carbons (Fsp3) is 1.00. The molecule has 0 saturated heterocycles. The fourth-order valence-electron chi connectivity index (χ4n) is 1.93. The molecule has 0 heteroatoms. The summed E-state index contributed by atoms with van der Waals surface area (Å²) >= 11 is 0. The molecule has 0 amide bonds. The highest BCUT2D eigenvalue weighted by Gasteiger charge is 2.13. The van der Waals surface area contributed by atoms with Crippen LogP contribution in [0.2, 0.25) is 0 Å². The first-order chi connectivity index (χ1) is 6.70. The van der Waals surface area contributed by atoms with E-state index >= 15 is 0 Å². The molecule has 0 N–H and O–H groups in total. The minimum absolute atomic E-state index is 1.02. The molecule has 1 saturated carbocycles. The van der Waals surface area contributed by atoms with Crippen molar-refractivity contribution in [2.75, 3.05) is 0 Å². The van der Waals surface area contributed by atoms with Crippen molar-refractivity contribution in [3.63, 3.8) is 0 Å². The molecule has 14 heavy (non-hydrogen) atoms. The molecule has 1 aliphatic rings. The summed E-state index contributed by atoms with van der Waals surface area (Å²) in [5.74, 6) is 2.04. The molecular formula is C14H30. The first kappa shape index (κ1) is 14.0. The van der Waals surface area contributed by atoms with Gasteiger partial charge in [0.05, 0.1) is 0 Å². The van der Waals surface area contributed by atoms with Crippen molar-refractivity contribution in [2.24, 2.45) is 11.8 Å². The lowest BCUT2D eigenvalue weighted by Gasteiger charge is -2.22. The average Bonchev–Trinajstić information content (AvgIpc) is 2.20. The third kappa shape index (κ3) is 8.59. The summed E-state index contributed by atoms with van der Waals surface area (Å²) in [5.41, 5.74) is 0. The van der Waals surface area contributed by atoms with Crippen LogP contribution in [-0.4, -0.2) is 0 Å². The molecule has 1 rings (SSSR count). The van der Waals surface area contributed by atoms with Gasteiger partial charge in [-0.1, -0.05) is 79.1 Å². The van der Waals surface area contributed by atoms with Crippen LogP contribution >= 0.6 is 0 Å². The summed E-state index contributed by atoms with van der Waals surface area (Å²) in [6.07, 6.45) is 11.4. The summed E-state index contributed by atoms with van der Waals surface area (Å²) in [5, 5.41) is 0. The van der Waals surface area contributed by atoms with Crippen LogP contribution in [-0.2, 0) is 0 Å². The van der Waals surface area contributed by atoms with E-state index in [0.717, 1.165) is 11.8 Å². The Balaban J connectivity index is 0.000000255. The molecule has 0 heterocycles. The number of hydrogen-bond donors (Lipinski definition) is 0. The van der Waals surface area contributed by atoms with E-state index in [9.17, 15) is 0 Å². The maximum absolute atomic E-state index is 2.37. The molecule has 0 aliphatic heterocycles. The molecule has 0 nitrogen and oxygen atoms in total. The summed E-state index contributed by atoms with van der Waals surface area (Å²) in [7, 11) is 0. The van der Waals surface area contributed by atoms with Crippen LogP contribution in [0.1, 0.15) is 79.1 Å². The van der Waals surface area contributed by atoms with E-state index in [1.807, 2.05) is 0 Å². The van der Waals surface area contributed by atoms with E-state index < -0.39 is 0 Å². The van der Waals surface area contributed by atoms with Gasteiger partial charge in [-0.3, -0.25) is 0 Å². The second-order valence-electron chi connectivity index (χ2n) is 5.07. The smallest absolute Gasteiger partial charge is 0.0443 e. The van der Waals surface area contributed by atoms with Crippen LogP contribution in [0, 0.1) is 11.8 Å². The van der Waals surface area contributed by atoms with Crippen molar-refractivity contribution in [2.45, 2.75) is 79.1 Å². The molecule has 0 unspecified atom stereocenters.